The predicted molar refractivity (Wildman–Crippen MR) is 48.1 cm³/mol. The van der Waals surface area contributed by atoms with Crippen LogP contribution in [0.5, 0.6) is 0 Å². The zero-order valence-corrected chi connectivity index (χ0v) is 7.93. The number of aliphatic carboxylic acids is 1. The Morgan fingerprint density at radius 1 is 1.33 bits per heavy atom. The van der Waals surface area contributed by atoms with Gasteiger partial charge in [0.15, 0.2) is 17.4 Å². The van der Waals surface area contributed by atoms with Crippen molar-refractivity contribution in [2.45, 2.75) is 13.3 Å². The lowest BCUT2D eigenvalue weighted by Crippen LogP contribution is -1.99. The van der Waals surface area contributed by atoms with E-state index in [0.717, 1.165) is 0 Å². The molecule has 0 aliphatic carbocycles. The van der Waals surface area contributed by atoms with Gasteiger partial charge in [-0.2, -0.15) is 0 Å². The molecule has 2 aromatic rings. The number of aromatic nitrogens is 2. The normalized spacial score (nSPS) is 10.5. The molecule has 15 heavy (non-hydrogen) atoms. The zero-order valence-electron chi connectivity index (χ0n) is 7.93. The van der Waals surface area contributed by atoms with Gasteiger partial charge in [0, 0.05) is 6.92 Å². The lowest BCUT2D eigenvalue weighted by molar-refractivity contribution is -0.136. The predicted octanol–water partition coefficient (Wildman–Crippen LogP) is 1.27. The molecule has 0 aliphatic heterocycles. The summed E-state index contributed by atoms with van der Waals surface area (Å²) >= 11 is 0. The molecule has 6 heteroatoms. The third-order valence-electron chi connectivity index (χ3n) is 1.72. The molecule has 0 saturated carbocycles. The maximum atomic E-state index is 10.4. The van der Waals surface area contributed by atoms with Crippen molar-refractivity contribution in [2.24, 2.45) is 0 Å². The number of oxazole rings is 2. The number of nitrogens with zero attached hydrogens (tertiary/aromatic N) is 2. The van der Waals surface area contributed by atoms with E-state index in [-0.39, 0.29) is 12.3 Å². The van der Waals surface area contributed by atoms with Crippen molar-refractivity contribution in [1.29, 1.82) is 0 Å². The number of carboxylic acids is 1. The van der Waals surface area contributed by atoms with E-state index in [4.69, 9.17) is 13.9 Å². The minimum Gasteiger partial charge on any atom is -0.481 e. The average Bonchev–Trinajstić information content (AvgIpc) is 2.72. The van der Waals surface area contributed by atoms with Gasteiger partial charge in [0.25, 0.3) is 0 Å². The Bertz CT molecular complexity index is 486. The van der Waals surface area contributed by atoms with Crippen molar-refractivity contribution in [2.75, 3.05) is 0 Å². The smallest absolute Gasteiger partial charge is 0.312 e. The molecular weight excluding hydrogens is 200 g/mol. The standard InChI is InChI=1S/C9H8N2O4/c1-5-10-3-6(14-5)7-4-11-8(15-7)2-9(12)13/h3-4H,2H2,1H3,(H,12,13). The summed E-state index contributed by atoms with van der Waals surface area (Å²) in [5.74, 6) is 0.494. The highest BCUT2D eigenvalue weighted by Crippen LogP contribution is 2.20. The molecule has 2 rings (SSSR count). The van der Waals surface area contributed by atoms with E-state index in [9.17, 15) is 4.79 Å². The third-order valence-corrected chi connectivity index (χ3v) is 1.72. The van der Waals surface area contributed by atoms with Crippen LogP contribution in [0, 0.1) is 6.92 Å². The van der Waals surface area contributed by atoms with Crippen LogP contribution in [-0.4, -0.2) is 21.0 Å². The van der Waals surface area contributed by atoms with Gasteiger partial charge in [0.05, 0.1) is 12.4 Å². The monoisotopic (exact) mass is 208 g/mol. The van der Waals surface area contributed by atoms with Gasteiger partial charge >= 0.3 is 5.97 Å². The molecule has 0 unspecified atom stereocenters. The first-order valence-electron chi connectivity index (χ1n) is 4.24. The second-order valence-electron chi connectivity index (χ2n) is 2.93. The van der Waals surface area contributed by atoms with Crippen LogP contribution < -0.4 is 0 Å². The van der Waals surface area contributed by atoms with E-state index in [1.54, 1.807) is 6.92 Å². The number of hydrogen-bond donors (Lipinski definition) is 1. The summed E-state index contributed by atoms with van der Waals surface area (Å²) in [5.41, 5.74) is 0. The maximum absolute atomic E-state index is 10.4. The molecular formula is C9H8N2O4. The molecule has 0 aliphatic rings. The van der Waals surface area contributed by atoms with Crippen LogP contribution in [0.3, 0.4) is 0 Å². The first-order valence-corrected chi connectivity index (χ1v) is 4.24. The number of hydrogen-bond acceptors (Lipinski definition) is 5. The van der Waals surface area contributed by atoms with Crippen molar-refractivity contribution >= 4 is 5.97 Å². The Morgan fingerprint density at radius 2 is 2.00 bits per heavy atom. The van der Waals surface area contributed by atoms with Gasteiger partial charge < -0.3 is 13.9 Å². The SMILES string of the molecule is Cc1ncc(-c2cnc(CC(=O)O)o2)o1. The van der Waals surface area contributed by atoms with Crippen molar-refractivity contribution in [3.05, 3.63) is 24.2 Å². The largest absolute Gasteiger partial charge is 0.481 e. The van der Waals surface area contributed by atoms with Gasteiger partial charge in [-0.15, -0.1) is 0 Å². The quantitative estimate of drug-likeness (QED) is 0.816. The van der Waals surface area contributed by atoms with Crippen molar-refractivity contribution in [3.63, 3.8) is 0 Å². The first-order chi connectivity index (χ1) is 7.15. The van der Waals surface area contributed by atoms with E-state index < -0.39 is 5.97 Å². The Hall–Kier alpha value is -2.11. The summed E-state index contributed by atoms with van der Waals surface area (Å²) in [4.78, 5) is 18.1. The van der Waals surface area contributed by atoms with E-state index >= 15 is 0 Å². The van der Waals surface area contributed by atoms with Gasteiger partial charge in [0.1, 0.15) is 6.42 Å². The molecule has 0 amide bonds. The fourth-order valence-corrected chi connectivity index (χ4v) is 1.11. The summed E-state index contributed by atoms with van der Waals surface area (Å²) in [7, 11) is 0. The Morgan fingerprint density at radius 3 is 2.60 bits per heavy atom. The fourth-order valence-electron chi connectivity index (χ4n) is 1.11. The van der Waals surface area contributed by atoms with Gasteiger partial charge in [-0.25, -0.2) is 9.97 Å². The summed E-state index contributed by atoms with van der Waals surface area (Å²) in [6, 6.07) is 0. The summed E-state index contributed by atoms with van der Waals surface area (Å²) in [6.45, 7) is 1.71. The molecule has 6 nitrogen and oxygen atoms in total. The molecule has 78 valence electrons. The Balaban J connectivity index is 2.23. The lowest BCUT2D eigenvalue weighted by atomic mass is 10.4. The second kappa shape index (κ2) is 3.56. The van der Waals surface area contributed by atoms with E-state index in [0.29, 0.717) is 17.4 Å². The van der Waals surface area contributed by atoms with Crippen LogP contribution in [0.2, 0.25) is 0 Å². The van der Waals surface area contributed by atoms with Crippen LogP contribution in [0.25, 0.3) is 11.5 Å². The molecule has 0 bridgehead atoms. The van der Waals surface area contributed by atoms with E-state index in [2.05, 4.69) is 9.97 Å². The average molecular weight is 208 g/mol. The molecule has 0 aromatic carbocycles. The Kier molecular flexibility index (Phi) is 2.24. The van der Waals surface area contributed by atoms with E-state index in [1.807, 2.05) is 0 Å². The molecule has 2 heterocycles. The molecule has 0 saturated heterocycles. The highest BCUT2D eigenvalue weighted by Gasteiger charge is 2.12. The zero-order chi connectivity index (χ0) is 10.8. The molecule has 0 fully saturated rings. The van der Waals surface area contributed by atoms with Crippen molar-refractivity contribution in [3.8, 4) is 11.5 Å². The number of carbonyl (C=O) groups is 1. The lowest BCUT2D eigenvalue weighted by Gasteiger charge is -1.88. The highest BCUT2D eigenvalue weighted by molar-refractivity contribution is 5.68. The van der Waals surface area contributed by atoms with Crippen LogP contribution >= 0.6 is 0 Å². The van der Waals surface area contributed by atoms with Gasteiger partial charge in [0.2, 0.25) is 5.89 Å². The fraction of sp³-hybridized carbons (Fsp3) is 0.222. The second-order valence-corrected chi connectivity index (χ2v) is 2.93. The van der Waals surface area contributed by atoms with Gasteiger partial charge in [-0.1, -0.05) is 0 Å². The number of carboxylic acid groups (broad SMARTS) is 1. The molecule has 0 atom stereocenters. The van der Waals surface area contributed by atoms with Crippen LogP contribution in [-0.2, 0) is 11.2 Å². The Labute approximate surface area is 84.6 Å². The molecule has 2 aromatic heterocycles. The number of rotatable bonds is 3. The minimum atomic E-state index is -0.989. The van der Waals surface area contributed by atoms with Crippen molar-refractivity contribution < 1.29 is 18.7 Å². The molecule has 1 N–H and O–H groups in total. The van der Waals surface area contributed by atoms with Crippen LogP contribution in [0.15, 0.2) is 21.2 Å². The first kappa shape index (κ1) is 9.45. The van der Waals surface area contributed by atoms with Crippen LogP contribution in [0.4, 0.5) is 0 Å². The number of aryl methyl sites for hydroxylation is 1. The van der Waals surface area contributed by atoms with Gasteiger partial charge in [-0.05, 0) is 0 Å². The topological polar surface area (TPSA) is 89.4 Å². The third kappa shape index (κ3) is 2.04. The maximum Gasteiger partial charge on any atom is 0.312 e. The van der Waals surface area contributed by atoms with E-state index in [1.165, 1.54) is 12.4 Å². The molecule has 0 spiro atoms. The highest BCUT2D eigenvalue weighted by atomic mass is 16.4. The summed E-state index contributed by atoms with van der Waals surface area (Å²) in [6.07, 6.45) is 2.67. The van der Waals surface area contributed by atoms with Crippen molar-refractivity contribution in [1.82, 2.24) is 9.97 Å². The summed E-state index contributed by atoms with van der Waals surface area (Å²) in [5, 5.41) is 8.52. The minimum absolute atomic E-state index is 0.145. The van der Waals surface area contributed by atoms with Crippen LogP contribution in [0.1, 0.15) is 11.8 Å². The van der Waals surface area contributed by atoms with Gasteiger partial charge in [-0.3, -0.25) is 4.79 Å². The molecule has 0 radical (unpaired) electrons. The summed E-state index contributed by atoms with van der Waals surface area (Å²) < 4.78 is 10.4.